The van der Waals surface area contributed by atoms with Gasteiger partial charge >= 0.3 is 0 Å². The highest BCUT2D eigenvalue weighted by atomic mass is 32.2. The zero-order valence-electron chi connectivity index (χ0n) is 5.09. The predicted octanol–water partition coefficient (Wildman–Crippen LogP) is 1.25. The molecule has 0 spiro atoms. The van der Waals surface area contributed by atoms with Gasteiger partial charge in [0, 0.05) is 17.9 Å². The van der Waals surface area contributed by atoms with Gasteiger partial charge in [0.05, 0.1) is 0 Å². The molecule has 1 saturated heterocycles. The Morgan fingerprint density at radius 1 is 1.67 bits per heavy atom. The molecule has 1 aliphatic heterocycles. The minimum absolute atomic E-state index is 0.343. The fourth-order valence-electron chi connectivity index (χ4n) is 1.40. The lowest BCUT2D eigenvalue weighted by atomic mass is 10.1. The quantitative estimate of drug-likeness (QED) is 0.503. The number of allylic oxidation sites excluding steroid dienone is 1. The molecule has 48 valence electrons. The van der Waals surface area contributed by atoms with E-state index in [1.165, 1.54) is 11.3 Å². The third-order valence-corrected chi connectivity index (χ3v) is 3.08. The van der Waals surface area contributed by atoms with Gasteiger partial charge in [-0.05, 0) is 12.0 Å². The van der Waals surface area contributed by atoms with Crippen molar-refractivity contribution < 1.29 is 4.79 Å². The minimum atomic E-state index is 0.343. The third kappa shape index (κ3) is 0.816. The van der Waals surface area contributed by atoms with Crippen LogP contribution in [0.3, 0.4) is 0 Å². The van der Waals surface area contributed by atoms with Gasteiger partial charge in [-0.25, -0.2) is 0 Å². The Kier molecular flexibility index (Phi) is 1.15. The first-order chi connectivity index (χ1) is 4.36. The number of carbonyl (C=O) groups excluding carboxylic acids is 1. The lowest BCUT2D eigenvalue weighted by Crippen LogP contribution is -1.97. The Morgan fingerprint density at radius 2 is 2.56 bits per heavy atom. The summed E-state index contributed by atoms with van der Waals surface area (Å²) in [5.41, 5.74) is 1.39. The van der Waals surface area contributed by atoms with E-state index in [1.807, 2.05) is 17.8 Å². The summed E-state index contributed by atoms with van der Waals surface area (Å²) < 4.78 is 0. The summed E-state index contributed by atoms with van der Waals surface area (Å²) in [6.07, 6.45) is 2.63. The average molecular weight is 140 g/mol. The predicted molar refractivity (Wildman–Crippen MR) is 38.5 cm³/mol. The SMILES string of the molecule is O=C1C=C2CSCC2C1. The Balaban J connectivity index is 2.27. The number of fused-ring (bicyclic) bond motifs is 1. The lowest BCUT2D eigenvalue weighted by Gasteiger charge is -1.96. The summed E-state index contributed by atoms with van der Waals surface area (Å²) >= 11 is 1.95. The first-order valence-corrected chi connectivity index (χ1v) is 4.33. The molecule has 0 aromatic carbocycles. The van der Waals surface area contributed by atoms with Crippen molar-refractivity contribution in [2.24, 2.45) is 5.92 Å². The fraction of sp³-hybridized carbons (Fsp3) is 0.571. The van der Waals surface area contributed by atoms with E-state index in [1.54, 1.807) is 0 Å². The van der Waals surface area contributed by atoms with Crippen molar-refractivity contribution in [2.75, 3.05) is 11.5 Å². The van der Waals surface area contributed by atoms with Crippen molar-refractivity contribution in [2.45, 2.75) is 6.42 Å². The number of thioether (sulfide) groups is 1. The van der Waals surface area contributed by atoms with E-state index in [-0.39, 0.29) is 0 Å². The van der Waals surface area contributed by atoms with E-state index in [0.717, 1.165) is 12.2 Å². The summed E-state index contributed by atoms with van der Waals surface area (Å²) in [6, 6.07) is 0. The van der Waals surface area contributed by atoms with Crippen molar-refractivity contribution in [3.05, 3.63) is 11.6 Å². The lowest BCUT2D eigenvalue weighted by molar-refractivity contribution is -0.114. The zero-order chi connectivity index (χ0) is 6.27. The molecule has 1 nitrogen and oxygen atoms in total. The minimum Gasteiger partial charge on any atom is -0.295 e. The Bertz CT molecular complexity index is 183. The van der Waals surface area contributed by atoms with Gasteiger partial charge in [-0.1, -0.05) is 5.57 Å². The molecule has 9 heavy (non-hydrogen) atoms. The average Bonchev–Trinajstić information content (AvgIpc) is 2.22. The molecule has 0 radical (unpaired) electrons. The number of ketones is 1. The van der Waals surface area contributed by atoms with Crippen molar-refractivity contribution >= 4 is 17.5 Å². The van der Waals surface area contributed by atoms with Crippen molar-refractivity contribution in [3.63, 3.8) is 0 Å². The van der Waals surface area contributed by atoms with E-state index in [0.29, 0.717) is 11.7 Å². The van der Waals surface area contributed by atoms with Crippen LogP contribution in [0, 0.1) is 5.92 Å². The standard InChI is InChI=1S/C7H8OS/c8-7-1-5-3-9-4-6(5)2-7/h1,6H,2-4H2. The van der Waals surface area contributed by atoms with Gasteiger partial charge in [-0.3, -0.25) is 4.79 Å². The number of carbonyl (C=O) groups is 1. The molecular weight excluding hydrogens is 132 g/mol. The van der Waals surface area contributed by atoms with Gasteiger partial charge in [0.15, 0.2) is 5.78 Å². The first kappa shape index (κ1) is 5.54. The Hall–Kier alpha value is -0.240. The first-order valence-electron chi connectivity index (χ1n) is 3.17. The maximum absolute atomic E-state index is 10.8. The van der Waals surface area contributed by atoms with Crippen LogP contribution in [0.2, 0.25) is 0 Å². The van der Waals surface area contributed by atoms with Crippen LogP contribution in [0.25, 0.3) is 0 Å². The van der Waals surface area contributed by atoms with E-state index in [4.69, 9.17) is 0 Å². The Labute approximate surface area is 58.5 Å². The highest BCUT2D eigenvalue weighted by molar-refractivity contribution is 7.99. The topological polar surface area (TPSA) is 17.1 Å². The van der Waals surface area contributed by atoms with Crippen LogP contribution in [0.4, 0.5) is 0 Å². The number of hydrogen-bond donors (Lipinski definition) is 0. The van der Waals surface area contributed by atoms with Gasteiger partial charge in [0.25, 0.3) is 0 Å². The van der Waals surface area contributed by atoms with E-state index in [2.05, 4.69) is 0 Å². The smallest absolute Gasteiger partial charge is 0.156 e. The molecule has 0 aromatic rings. The molecule has 1 atom stereocenters. The highest BCUT2D eigenvalue weighted by Crippen LogP contribution is 2.35. The van der Waals surface area contributed by atoms with Crippen LogP contribution in [-0.2, 0) is 4.79 Å². The normalized spacial score (nSPS) is 32.7. The van der Waals surface area contributed by atoms with Crippen molar-refractivity contribution in [1.82, 2.24) is 0 Å². The number of rotatable bonds is 0. The van der Waals surface area contributed by atoms with Gasteiger partial charge in [0.2, 0.25) is 0 Å². The molecule has 0 N–H and O–H groups in total. The molecule has 1 fully saturated rings. The van der Waals surface area contributed by atoms with Crippen LogP contribution in [0.1, 0.15) is 6.42 Å². The number of hydrogen-bond acceptors (Lipinski definition) is 2. The Morgan fingerprint density at radius 3 is 3.33 bits per heavy atom. The van der Waals surface area contributed by atoms with Gasteiger partial charge in [-0.2, -0.15) is 11.8 Å². The van der Waals surface area contributed by atoms with E-state index >= 15 is 0 Å². The second kappa shape index (κ2) is 1.87. The molecule has 2 rings (SSSR count). The fourth-order valence-corrected chi connectivity index (χ4v) is 2.69. The summed E-state index contributed by atoms with van der Waals surface area (Å²) in [4.78, 5) is 10.8. The molecule has 0 aromatic heterocycles. The molecule has 1 heterocycles. The van der Waals surface area contributed by atoms with Crippen LogP contribution in [0.5, 0.6) is 0 Å². The maximum Gasteiger partial charge on any atom is 0.156 e. The van der Waals surface area contributed by atoms with Crippen LogP contribution < -0.4 is 0 Å². The second-order valence-corrected chi connectivity index (χ2v) is 3.63. The highest BCUT2D eigenvalue weighted by Gasteiger charge is 2.28. The monoisotopic (exact) mass is 140 g/mol. The van der Waals surface area contributed by atoms with Gasteiger partial charge < -0.3 is 0 Å². The van der Waals surface area contributed by atoms with Crippen LogP contribution >= 0.6 is 11.8 Å². The summed E-state index contributed by atoms with van der Waals surface area (Å²) in [5, 5.41) is 0. The molecule has 1 unspecified atom stereocenters. The molecule has 2 heteroatoms. The molecule has 0 bridgehead atoms. The summed E-state index contributed by atoms with van der Waals surface area (Å²) in [5.74, 6) is 3.26. The van der Waals surface area contributed by atoms with Crippen molar-refractivity contribution in [1.29, 1.82) is 0 Å². The maximum atomic E-state index is 10.8. The van der Waals surface area contributed by atoms with Crippen molar-refractivity contribution in [3.8, 4) is 0 Å². The molecule has 0 saturated carbocycles. The summed E-state index contributed by atoms with van der Waals surface area (Å²) in [6.45, 7) is 0. The van der Waals surface area contributed by atoms with E-state index < -0.39 is 0 Å². The van der Waals surface area contributed by atoms with Crippen LogP contribution in [0.15, 0.2) is 11.6 Å². The molecular formula is C7H8OS. The molecule has 0 amide bonds. The molecule has 2 aliphatic rings. The zero-order valence-corrected chi connectivity index (χ0v) is 5.91. The van der Waals surface area contributed by atoms with E-state index in [9.17, 15) is 4.79 Å². The van der Waals surface area contributed by atoms with Gasteiger partial charge in [-0.15, -0.1) is 0 Å². The summed E-state index contributed by atoms with van der Waals surface area (Å²) in [7, 11) is 0. The second-order valence-electron chi connectivity index (χ2n) is 2.60. The van der Waals surface area contributed by atoms with Crippen LogP contribution in [-0.4, -0.2) is 17.3 Å². The third-order valence-electron chi connectivity index (χ3n) is 1.91. The van der Waals surface area contributed by atoms with Gasteiger partial charge in [0.1, 0.15) is 0 Å². The largest absolute Gasteiger partial charge is 0.295 e. The molecule has 1 aliphatic carbocycles.